The summed E-state index contributed by atoms with van der Waals surface area (Å²) in [7, 11) is 0. The minimum atomic E-state index is -0.382. The molecule has 0 aromatic heterocycles. The molecule has 0 atom stereocenters. The Labute approximate surface area is 131 Å². The zero-order valence-corrected chi connectivity index (χ0v) is 12.5. The van der Waals surface area contributed by atoms with Gasteiger partial charge in [0.2, 0.25) is 0 Å². The molecule has 0 heterocycles. The second-order valence-electron chi connectivity index (χ2n) is 4.06. The Morgan fingerprint density at radius 3 is 2.40 bits per heavy atom. The van der Waals surface area contributed by atoms with Crippen LogP contribution in [0.3, 0.4) is 0 Å². The van der Waals surface area contributed by atoms with E-state index in [9.17, 15) is 4.39 Å². The lowest BCUT2D eigenvalue weighted by atomic mass is 10.1. The molecule has 0 bridgehead atoms. The Morgan fingerprint density at radius 1 is 1.15 bits per heavy atom. The standard InChI is InChI=1S/C14H10Cl2FNOS/c15-9-4-10(16)6-12(5-9)19-7-8-3-11(17)1-2-13(8)14(18)20/h1-6H,7H2,(H2,18,20). The van der Waals surface area contributed by atoms with Crippen molar-refractivity contribution in [3.8, 4) is 5.75 Å². The molecule has 0 spiro atoms. The quantitative estimate of drug-likeness (QED) is 0.847. The maximum atomic E-state index is 13.3. The predicted octanol–water partition coefficient (Wildman–Crippen LogP) is 4.35. The first-order valence-corrected chi connectivity index (χ1v) is 6.79. The van der Waals surface area contributed by atoms with Crippen LogP contribution in [0.5, 0.6) is 5.75 Å². The molecular formula is C14H10Cl2FNOS. The van der Waals surface area contributed by atoms with E-state index in [2.05, 4.69) is 0 Å². The molecule has 104 valence electrons. The number of halogens is 3. The third-order valence-corrected chi connectivity index (χ3v) is 3.22. The molecule has 0 aliphatic carbocycles. The van der Waals surface area contributed by atoms with Gasteiger partial charge >= 0.3 is 0 Å². The Morgan fingerprint density at radius 2 is 1.80 bits per heavy atom. The number of rotatable bonds is 4. The van der Waals surface area contributed by atoms with Gasteiger partial charge in [-0.2, -0.15) is 0 Å². The van der Waals surface area contributed by atoms with Crippen molar-refractivity contribution in [2.24, 2.45) is 5.73 Å². The maximum Gasteiger partial charge on any atom is 0.123 e. The third-order valence-electron chi connectivity index (χ3n) is 2.56. The Balaban J connectivity index is 2.22. The van der Waals surface area contributed by atoms with Crippen LogP contribution in [-0.4, -0.2) is 4.99 Å². The van der Waals surface area contributed by atoms with Crippen LogP contribution in [0.4, 0.5) is 4.39 Å². The maximum absolute atomic E-state index is 13.3. The van der Waals surface area contributed by atoms with Crippen LogP contribution < -0.4 is 10.5 Å². The smallest absolute Gasteiger partial charge is 0.123 e. The van der Waals surface area contributed by atoms with E-state index in [1.807, 2.05) is 0 Å². The van der Waals surface area contributed by atoms with Crippen LogP contribution in [0.2, 0.25) is 10.0 Å². The molecule has 0 radical (unpaired) electrons. The highest BCUT2D eigenvalue weighted by molar-refractivity contribution is 7.80. The van der Waals surface area contributed by atoms with Gasteiger partial charge in [-0.15, -0.1) is 0 Å². The Hall–Kier alpha value is -1.36. The van der Waals surface area contributed by atoms with Crippen molar-refractivity contribution in [2.45, 2.75) is 6.61 Å². The average molecular weight is 330 g/mol. The molecule has 0 aliphatic heterocycles. The molecule has 0 saturated carbocycles. The van der Waals surface area contributed by atoms with Crippen molar-refractivity contribution in [3.63, 3.8) is 0 Å². The second-order valence-corrected chi connectivity index (χ2v) is 5.37. The first-order chi connectivity index (χ1) is 9.45. The molecule has 6 heteroatoms. The molecule has 2 rings (SSSR count). The lowest BCUT2D eigenvalue weighted by molar-refractivity contribution is 0.305. The lowest BCUT2D eigenvalue weighted by Crippen LogP contribution is -2.13. The van der Waals surface area contributed by atoms with Crippen LogP contribution in [-0.2, 0) is 6.61 Å². The molecule has 0 fully saturated rings. The summed E-state index contributed by atoms with van der Waals surface area (Å²) in [5.41, 5.74) is 6.73. The van der Waals surface area contributed by atoms with E-state index in [4.69, 9.17) is 45.9 Å². The van der Waals surface area contributed by atoms with E-state index < -0.39 is 0 Å². The summed E-state index contributed by atoms with van der Waals surface area (Å²) in [5.74, 6) is 0.105. The van der Waals surface area contributed by atoms with Gasteiger partial charge in [0.1, 0.15) is 23.2 Å². The van der Waals surface area contributed by atoms with E-state index in [1.165, 1.54) is 18.2 Å². The van der Waals surface area contributed by atoms with Crippen molar-refractivity contribution >= 4 is 40.4 Å². The number of hydrogen-bond acceptors (Lipinski definition) is 2. The van der Waals surface area contributed by atoms with Crippen LogP contribution in [0, 0.1) is 5.82 Å². The van der Waals surface area contributed by atoms with Crippen molar-refractivity contribution in [2.75, 3.05) is 0 Å². The molecule has 20 heavy (non-hydrogen) atoms. The topological polar surface area (TPSA) is 35.2 Å². The van der Waals surface area contributed by atoms with Gasteiger partial charge in [-0.05, 0) is 36.4 Å². The molecule has 2 N–H and O–H groups in total. The summed E-state index contributed by atoms with van der Waals surface area (Å²) < 4.78 is 18.8. The number of ether oxygens (including phenoxy) is 1. The number of benzene rings is 2. The second kappa shape index (κ2) is 6.39. The molecule has 2 aromatic rings. The minimum absolute atomic E-state index is 0.112. The first-order valence-electron chi connectivity index (χ1n) is 5.63. The summed E-state index contributed by atoms with van der Waals surface area (Å²) in [6.07, 6.45) is 0. The zero-order chi connectivity index (χ0) is 14.7. The van der Waals surface area contributed by atoms with Gasteiger partial charge in [0.05, 0.1) is 0 Å². The van der Waals surface area contributed by atoms with Gasteiger partial charge in [0.25, 0.3) is 0 Å². The fourth-order valence-electron chi connectivity index (χ4n) is 1.70. The number of hydrogen-bond donors (Lipinski definition) is 1. The van der Waals surface area contributed by atoms with Crippen molar-refractivity contribution in [1.82, 2.24) is 0 Å². The number of thiocarbonyl (C=S) groups is 1. The summed E-state index contributed by atoms with van der Waals surface area (Å²) in [6, 6.07) is 9.00. The van der Waals surface area contributed by atoms with Gasteiger partial charge in [-0.25, -0.2) is 4.39 Å². The van der Waals surface area contributed by atoms with E-state index >= 15 is 0 Å². The van der Waals surface area contributed by atoms with E-state index in [0.717, 1.165) is 0 Å². The Kier molecular flexibility index (Phi) is 4.81. The van der Waals surface area contributed by atoms with Crippen LogP contribution in [0.15, 0.2) is 36.4 Å². The van der Waals surface area contributed by atoms with Crippen LogP contribution in [0.25, 0.3) is 0 Å². The first kappa shape index (κ1) is 15.0. The summed E-state index contributed by atoms with van der Waals surface area (Å²) in [4.78, 5) is 0.188. The van der Waals surface area contributed by atoms with Crippen molar-refractivity contribution in [1.29, 1.82) is 0 Å². The fraction of sp³-hybridized carbons (Fsp3) is 0.0714. The summed E-state index contributed by atoms with van der Waals surface area (Å²) in [5, 5.41) is 0.919. The van der Waals surface area contributed by atoms with E-state index in [1.54, 1.807) is 18.2 Å². The molecule has 2 nitrogen and oxygen atoms in total. The normalized spacial score (nSPS) is 10.3. The van der Waals surface area contributed by atoms with Gasteiger partial charge in [-0.3, -0.25) is 0 Å². The highest BCUT2D eigenvalue weighted by atomic mass is 35.5. The lowest BCUT2D eigenvalue weighted by Gasteiger charge is -2.11. The fourth-order valence-corrected chi connectivity index (χ4v) is 2.40. The summed E-state index contributed by atoms with van der Waals surface area (Å²) >= 11 is 16.7. The average Bonchev–Trinajstić information content (AvgIpc) is 2.35. The predicted molar refractivity (Wildman–Crippen MR) is 83.1 cm³/mol. The van der Waals surface area contributed by atoms with Gasteiger partial charge in [0, 0.05) is 21.2 Å². The number of nitrogens with two attached hydrogens (primary N) is 1. The van der Waals surface area contributed by atoms with Crippen LogP contribution >= 0.6 is 35.4 Å². The van der Waals surface area contributed by atoms with Gasteiger partial charge < -0.3 is 10.5 Å². The molecule has 0 unspecified atom stereocenters. The van der Waals surface area contributed by atoms with Crippen molar-refractivity contribution in [3.05, 3.63) is 63.4 Å². The van der Waals surface area contributed by atoms with Crippen molar-refractivity contribution < 1.29 is 9.13 Å². The highest BCUT2D eigenvalue weighted by Gasteiger charge is 2.08. The molecule has 2 aromatic carbocycles. The zero-order valence-electron chi connectivity index (χ0n) is 10.2. The molecule has 0 aliphatic rings. The SMILES string of the molecule is NC(=S)c1ccc(F)cc1COc1cc(Cl)cc(Cl)c1. The van der Waals surface area contributed by atoms with Gasteiger partial charge in [-0.1, -0.05) is 35.4 Å². The Bertz CT molecular complexity index is 643. The van der Waals surface area contributed by atoms with E-state index in [0.29, 0.717) is 26.9 Å². The molecular weight excluding hydrogens is 320 g/mol. The van der Waals surface area contributed by atoms with Gasteiger partial charge in [0.15, 0.2) is 0 Å². The van der Waals surface area contributed by atoms with Crippen LogP contribution in [0.1, 0.15) is 11.1 Å². The molecule has 0 saturated heterocycles. The third kappa shape index (κ3) is 3.82. The minimum Gasteiger partial charge on any atom is -0.489 e. The highest BCUT2D eigenvalue weighted by Crippen LogP contribution is 2.25. The summed E-state index contributed by atoms with van der Waals surface area (Å²) in [6.45, 7) is 0.112. The molecule has 0 amide bonds. The van der Waals surface area contributed by atoms with E-state index in [-0.39, 0.29) is 17.4 Å². The monoisotopic (exact) mass is 329 g/mol. The largest absolute Gasteiger partial charge is 0.489 e.